The number of carboxylic acid groups (broad SMARTS) is 1. The molecule has 0 radical (unpaired) electrons. The van der Waals surface area contributed by atoms with Crippen LogP contribution >= 0.6 is 15.4 Å². The summed E-state index contributed by atoms with van der Waals surface area (Å²) in [7, 11) is -4.76. The first-order chi connectivity index (χ1) is 13.8. The largest absolute Gasteiger partial charge is 0.530 e. The lowest BCUT2D eigenvalue weighted by Crippen LogP contribution is -2.24. The van der Waals surface area contributed by atoms with E-state index in [4.69, 9.17) is 22.6 Å². The van der Waals surface area contributed by atoms with Gasteiger partial charge in [0.1, 0.15) is 5.75 Å². The SMILES string of the molecule is CCOP(=O)(OCC)Oc1cc(CP(=O)(OC)OC)cc(C)c1C(C)(C)CC(=O)O. The van der Waals surface area contributed by atoms with Crippen LogP contribution in [-0.4, -0.2) is 38.5 Å². The molecule has 0 saturated carbocycles. The fourth-order valence-electron chi connectivity index (χ4n) is 3.28. The molecule has 0 bridgehead atoms. The standard InChI is InChI=1S/C19H32O9P2/c1-8-26-30(23,27-9-2)28-16-11-15(13-29(22,24-6)25-7)10-14(3)18(16)19(4,5)12-17(20)21/h10-11H,8-9,12-13H2,1-7H3,(H,20,21). The highest BCUT2D eigenvalue weighted by molar-refractivity contribution is 7.53. The van der Waals surface area contributed by atoms with Gasteiger partial charge in [0.2, 0.25) is 0 Å². The van der Waals surface area contributed by atoms with Gasteiger partial charge in [-0.3, -0.25) is 18.4 Å². The van der Waals surface area contributed by atoms with Crippen molar-refractivity contribution in [2.75, 3.05) is 27.4 Å². The van der Waals surface area contributed by atoms with E-state index in [-0.39, 0.29) is 31.5 Å². The fraction of sp³-hybridized carbons (Fsp3) is 0.632. The molecule has 1 aromatic rings. The van der Waals surface area contributed by atoms with Crippen molar-refractivity contribution in [2.45, 2.75) is 52.6 Å². The van der Waals surface area contributed by atoms with Crippen molar-refractivity contribution >= 4 is 21.4 Å². The number of phosphoric ester groups is 1. The molecule has 172 valence electrons. The van der Waals surface area contributed by atoms with E-state index >= 15 is 0 Å². The van der Waals surface area contributed by atoms with E-state index < -0.39 is 26.8 Å². The summed E-state index contributed by atoms with van der Waals surface area (Å²) in [5, 5.41) is 9.35. The van der Waals surface area contributed by atoms with Gasteiger partial charge in [-0.1, -0.05) is 19.9 Å². The monoisotopic (exact) mass is 466 g/mol. The lowest BCUT2D eigenvalue weighted by atomic mass is 9.78. The van der Waals surface area contributed by atoms with Crippen LogP contribution in [0, 0.1) is 6.92 Å². The predicted molar refractivity (Wildman–Crippen MR) is 113 cm³/mol. The van der Waals surface area contributed by atoms with Crippen LogP contribution in [0.2, 0.25) is 0 Å². The average Bonchev–Trinajstić information content (AvgIpc) is 2.59. The lowest BCUT2D eigenvalue weighted by molar-refractivity contribution is -0.138. The third-order valence-electron chi connectivity index (χ3n) is 4.35. The molecule has 0 heterocycles. The van der Waals surface area contributed by atoms with Crippen molar-refractivity contribution in [1.29, 1.82) is 0 Å². The predicted octanol–water partition coefficient (Wildman–Crippen LogP) is 5.29. The van der Waals surface area contributed by atoms with E-state index in [0.29, 0.717) is 16.7 Å². The van der Waals surface area contributed by atoms with Gasteiger partial charge in [-0.25, -0.2) is 4.57 Å². The van der Waals surface area contributed by atoms with E-state index in [2.05, 4.69) is 0 Å². The van der Waals surface area contributed by atoms with Gasteiger partial charge in [0.25, 0.3) is 0 Å². The minimum Gasteiger partial charge on any atom is -0.481 e. The second kappa shape index (κ2) is 10.9. The van der Waals surface area contributed by atoms with Crippen molar-refractivity contribution < 1.29 is 41.6 Å². The Morgan fingerprint density at radius 3 is 2.03 bits per heavy atom. The molecule has 0 fully saturated rings. The molecule has 0 saturated heterocycles. The van der Waals surface area contributed by atoms with Crippen LogP contribution in [0.4, 0.5) is 0 Å². The molecular formula is C19H32O9P2. The topological polar surface area (TPSA) is 118 Å². The molecule has 0 aromatic heterocycles. The highest BCUT2D eigenvalue weighted by Crippen LogP contribution is 2.54. The molecule has 0 aliphatic rings. The Bertz CT molecular complexity index is 818. The van der Waals surface area contributed by atoms with Gasteiger partial charge in [0.05, 0.1) is 25.8 Å². The van der Waals surface area contributed by atoms with Gasteiger partial charge in [-0.2, -0.15) is 0 Å². The quantitative estimate of drug-likeness (QED) is 0.387. The zero-order valence-corrected chi connectivity index (χ0v) is 20.4. The van der Waals surface area contributed by atoms with E-state index in [0.717, 1.165) is 0 Å². The molecule has 1 aromatic carbocycles. The summed E-state index contributed by atoms with van der Waals surface area (Å²) in [6.07, 6.45) is -0.240. The Morgan fingerprint density at radius 2 is 1.60 bits per heavy atom. The second-order valence-electron chi connectivity index (χ2n) is 7.25. The minimum absolute atomic E-state index is 0.0512. The molecule has 1 rings (SSSR count). The molecule has 0 unspecified atom stereocenters. The minimum atomic E-state index is -3.96. The number of rotatable bonds is 13. The summed E-state index contributed by atoms with van der Waals surface area (Å²) < 4.78 is 51.8. The summed E-state index contributed by atoms with van der Waals surface area (Å²) >= 11 is 0. The van der Waals surface area contributed by atoms with Crippen molar-refractivity contribution in [3.8, 4) is 5.75 Å². The van der Waals surface area contributed by atoms with Crippen LogP contribution in [0.15, 0.2) is 12.1 Å². The van der Waals surface area contributed by atoms with Crippen molar-refractivity contribution in [3.05, 3.63) is 28.8 Å². The molecule has 0 aliphatic heterocycles. The highest BCUT2D eigenvalue weighted by Gasteiger charge is 2.35. The van der Waals surface area contributed by atoms with Gasteiger partial charge in [0, 0.05) is 25.2 Å². The fourth-order valence-corrected chi connectivity index (χ4v) is 5.51. The number of benzene rings is 1. The molecule has 0 atom stereocenters. The number of phosphoric acid groups is 1. The Balaban J connectivity index is 3.62. The number of hydrogen-bond donors (Lipinski definition) is 1. The molecule has 0 aliphatic carbocycles. The maximum Gasteiger partial charge on any atom is 0.530 e. The second-order valence-corrected chi connectivity index (χ2v) is 11.1. The van der Waals surface area contributed by atoms with Gasteiger partial charge < -0.3 is 18.7 Å². The van der Waals surface area contributed by atoms with E-state index in [1.165, 1.54) is 14.2 Å². The van der Waals surface area contributed by atoms with E-state index in [1.54, 1.807) is 46.8 Å². The van der Waals surface area contributed by atoms with Crippen LogP contribution in [0.5, 0.6) is 5.75 Å². The maximum absolute atomic E-state index is 13.0. The number of hydrogen-bond acceptors (Lipinski definition) is 8. The van der Waals surface area contributed by atoms with Crippen LogP contribution in [0.1, 0.15) is 50.8 Å². The van der Waals surface area contributed by atoms with Crippen LogP contribution in [0.3, 0.4) is 0 Å². The number of aliphatic carboxylic acids is 1. The number of aryl methyl sites for hydroxylation is 1. The first-order valence-electron chi connectivity index (χ1n) is 9.50. The third kappa shape index (κ3) is 7.19. The lowest BCUT2D eigenvalue weighted by Gasteiger charge is -2.30. The molecule has 9 nitrogen and oxygen atoms in total. The smallest absolute Gasteiger partial charge is 0.481 e. The van der Waals surface area contributed by atoms with E-state index in [9.17, 15) is 19.0 Å². The zero-order chi connectivity index (χ0) is 23.2. The first kappa shape index (κ1) is 26.8. The molecule has 11 heteroatoms. The average molecular weight is 466 g/mol. The third-order valence-corrected chi connectivity index (χ3v) is 7.78. The molecule has 0 spiro atoms. The van der Waals surface area contributed by atoms with Crippen molar-refractivity contribution in [1.82, 2.24) is 0 Å². The normalized spacial score (nSPS) is 12.8. The Labute approximate surface area is 178 Å². The summed E-state index contributed by atoms with van der Waals surface area (Å²) in [5.74, 6) is -0.851. The Hall–Kier alpha value is -1.21. The van der Waals surface area contributed by atoms with Gasteiger partial charge >= 0.3 is 21.4 Å². The summed E-state index contributed by atoms with van der Waals surface area (Å²) in [6.45, 7) is 8.75. The Morgan fingerprint density at radius 1 is 1.07 bits per heavy atom. The first-order valence-corrected chi connectivity index (χ1v) is 12.7. The van der Waals surface area contributed by atoms with E-state index in [1.807, 2.05) is 0 Å². The van der Waals surface area contributed by atoms with Crippen LogP contribution in [-0.2, 0) is 43.6 Å². The van der Waals surface area contributed by atoms with Crippen LogP contribution in [0.25, 0.3) is 0 Å². The maximum atomic E-state index is 13.0. The summed E-state index contributed by atoms with van der Waals surface area (Å²) in [6, 6.07) is 3.30. The number of carbonyl (C=O) groups is 1. The van der Waals surface area contributed by atoms with Crippen LogP contribution < -0.4 is 4.52 Å². The van der Waals surface area contributed by atoms with Gasteiger partial charge in [-0.15, -0.1) is 0 Å². The Kier molecular flexibility index (Phi) is 9.74. The molecule has 0 amide bonds. The van der Waals surface area contributed by atoms with Crippen molar-refractivity contribution in [2.24, 2.45) is 0 Å². The summed E-state index contributed by atoms with van der Waals surface area (Å²) in [5.41, 5.74) is 0.896. The molecule has 30 heavy (non-hydrogen) atoms. The zero-order valence-electron chi connectivity index (χ0n) is 18.6. The molecular weight excluding hydrogens is 434 g/mol. The van der Waals surface area contributed by atoms with Gasteiger partial charge in [0.15, 0.2) is 0 Å². The van der Waals surface area contributed by atoms with Gasteiger partial charge in [-0.05, 0) is 38.0 Å². The number of carboxylic acids is 1. The highest BCUT2D eigenvalue weighted by atomic mass is 31.2. The van der Waals surface area contributed by atoms with Crippen molar-refractivity contribution in [3.63, 3.8) is 0 Å². The molecule has 1 N–H and O–H groups in total. The summed E-state index contributed by atoms with van der Waals surface area (Å²) in [4.78, 5) is 11.4.